The number of carbonyl (C=O) groups is 5. The molecule has 3 aliphatic heterocycles. The van der Waals surface area contributed by atoms with Crippen molar-refractivity contribution in [3.63, 3.8) is 0 Å². The number of aromatic amines is 1. The molecule has 0 radical (unpaired) electrons. The zero-order chi connectivity index (χ0) is 67.1. The summed E-state index contributed by atoms with van der Waals surface area (Å²) in [6.45, 7) is -1.35. The van der Waals surface area contributed by atoms with Crippen LogP contribution in [0.25, 0.3) is 11.2 Å². The molecule has 6 heterocycles. The predicted octanol–water partition coefficient (Wildman–Crippen LogP) is -10.2. The largest absolute Gasteiger partial charge is 0.389 e. The Hall–Kier alpha value is -5.64. The highest BCUT2D eigenvalue weighted by Crippen LogP contribution is 2.36. The highest BCUT2D eigenvalue weighted by Gasteiger charge is 2.54. The number of aromatic nitrogens is 6. The molecular formula is C53H88N18O19S2. The first-order valence-electron chi connectivity index (χ1n) is 30.0. The van der Waals surface area contributed by atoms with Crippen LogP contribution in [0.3, 0.4) is 0 Å². The van der Waals surface area contributed by atoms with Gasteiger partial charge in [0, 0.05) is 68.9 Å². The summed E-state index contributed by atoms with van der Waals surface area (Å²) in [5, 5.41) is 71.1. The minimum absolute atomic E-state index is 0.0281. The summed E-state index contributed by atoms with van der Waals surface area (Å²) in [7, 11) is 0. The van der Waals surface area contributed by atoms with Crippen molar-refractivity contribution in [1.82, 2.24) is 49.5 Å². The van der Waals surface area contributed by atoms with Crippen LogP contribution in [-0.2, 0) is 65.5 Å². The number of anilines is 1. The predicted molar refractivity (Wildman–Crippen MR) is 329 cm³/mol. The van der Waals surface area contributed by atoms with Crippen LogP contribution < -0.4 is 67.8 Å². The molecule has 3 saturated heterocycles. The lowest BCUT2D eigenvalue weighted by molar-refractivity contribution is -0.306. The van der Waals surface area contributed by atoms with E-state index in [0.29, 0.717) is 11.5 Å². The number of unbranched alkanes of at least 4 members (excludes halogenated alkanes) is 3. The van der Waals surface area contributed by atoms with Gasteiger partial charge in [0.1, 0.15) is 86.0 Å². The molecule has 0 aromatic carbocycles. The number of thioether (sulfide) groups is 2. The molecule has 92 heavy (non-hydrogen) atoms. The summed E-state index contributed by atoms with van der Waals surface area (Å²) in [5.74, 6) is -1.35. The van der Waals surface area contributed by atoms with Crippen molar-refractivity contribution in [2.24, 2.45) is 40.1 Å². The Morgan fingerprint density at radius 1 is 0.674 bits per heavy atom. The van der Waals surface area contributed by atoms with E-state index in [4.69, 9.17) is 74.3 Å². The molecule has 4 fully saturated rings. The van der Waals surface area contributed by atoms with Crippen LogP contribution in [0.15, 0.2) is 28.4 Å². The number of rotatable bonds is 33. The Morgan fingerprint density at radius 2 is 1.23 bits per heavy atom. The Kier molecular flexibility index (Phi) is 27.8. The smallest absolute Gasteiger partial charge is 0.328 e. The van der Waals surface area contributed by atoms with Gasteiger partial charge in [-0.2, -0.15) is 23.5 Å². The second-order valence-corrected chi connectivity index (χ2v) is 25.2. The Morgan fingerprint density at radius 3 is 1.84 bits per heavy atom. The number of nitrogen functional groups attached to an aromatic ring is 1. The van der Waals surface area contributed by atoms with Crippen LogP contribution >= 0.6 is 23.5 Å². The Labute approximate surface area is 535 Å². The number of nitrogens with two attached hydrogens (primary N) is 8. The first kappa shape index (κ1) is 73.8. The summed E-state index contributed by atoms with van der Waals surface area (Å²) in [5.41, 5.74) is 47.4. The van der Waals surface area contributed by atoms with Crippen molar-refractivity contribution in [2.45, 2.75) is 168 Å². The van der Waals surface area contributed by atoms with Gasteiger partial charge in [-0.3, -0.25) is 38.3 Å². The summed E-state index contributed by atoms with van der Waals surface area (Å²) in [6.07, 6.45) is -12.9. The van der Waals surface area contributed by atoms with E-state index in [1.807, 2.05) is 0 Å². The van der Waals surface area contributed by atoms with Crippen molar-refractivity contribution < 1.29 is 83.0 Å². The standard InChI is InChI=1S/C53H88N18O19S2/c1-24-15-70(53(84)67-49(24)83)18-33(75)68(16-30(58)72)8-6-62-31(73)17-69(34(76)19-71-23-66-37-47(61)64-22-65-48(37)71)9-7-63-32(74)21-92-11-5-3-2-4-10-91-20-29-45(89-51-36(60)42(81)40(79)28(14-55)86-51)43(82)52(87-29)90-46-38(77)25(56)12-26(57)44(46)88-50-35(59)41(80)39(78)27(13-54)85-50/h15,22-23,25-29,35-36,38-46,50-52,77-82H,2-14,16-21,54-57,59-60H2,1H3,(H2,58,72)(H,62,73)(H,63,74)(H2,61,64,65)(H,67,83,84)/t25-,26+,27-,28+,29-,35-,36-,38+,39-,40-,41-,42-,43-,44-,45-,46-,50-,51-,52+/m1/s1. The third kappa shape index (κ3) is 19.3. The van der Waals surface area contributed by atoms with Gasteiger partial charge < -0.3 is 130 Å². The molecule has 3 aromatic heterocycles. The minimum atomic E-state index is -1.59. The molecule has 3 aromatic rings. The monoisotopic (exact) mass is 1340 g/mol. The highest BCUT2D eigenvalue weighted by molar-refractivity contribution is 8.00. The highest BCUT2D eigenvalue weighted by atomic mass is 32.2. The van der Waals surface area contributed by atoms with Crippen LogP contribution in [0, 0.1) is 6.92 Å². The van der Waals surface area contributed by atoms with E-state index in [0.717, 1.165) is 35.2 Å². The number of imidazole rings is 1. The zero-order valence-corrected chi connectivity index (χ0v) is 52.3. The Bertz CT molecular complexity index is 3050. The van der Waals surface area contributed by atoms with Crippen LogP contribution in [-0.4, -0.2) is 291 Å². The molecule has 0 bridgehead atoms. The summed E-state index contributed by atoms with van der Waals surface area (Å²) in [6, 6.07) is -4.36. The molecule has 7 rings (SSSR count). The number of hydrogen-bond donors (Lipinski definition) is 17. The number of nitrogens with one attached hydrogen (secondary N) is 3. The number of amides is 5. The topological polar surface area (TPSA) is 599 Å². The maximum absolute atomic E-state index is 13.8. The van der Waals surface area contributed by atoms with Crippen molar-refractivity contribution in [2.75, 3.05) is 81.1 Å². The van der Waals surface area contributed by atoms with E-state index in [1.54, 1.807) is 0 Å². The van der Waals surface area contributed by atoms with Crippen LogP contribution in [0.1, 0.15) is 37.7 Å². The fourth-order valence-corrected chi connectivity index (χ4v) is 12.7. The van der Waals surface area contributed by atoms with Crippen LogP contribution in [0.2, 0.25) is 0 Å². The molecule has 0 unspecified atom stereocenters. The molecule has 4 aliphatic rings. The number of hydrogen-bond acceptors (Lipinski definition) is 31. The second kappa shape index (κ2) is 34.7. The molecule has 0 spiro atoms. The van der Waals surface area contributed by atoms with Crippen LogP contribution in [0.5, 0.6) is 0 Å². The number of carbonyl (C=O) groups excluding carboxylic acids is 5. The van der Waals surface area contributed by atoms with E-state index in [2.05, 4.69) is 30.6 Å². The number of aliphatic hydroxyl groups excluding tert-OH is 6. The average molecular weight is 1350 g/mol. The van der Waals surface area contributed by atoms with Gasteiger partial charge in [0.2, 0.25) is 29.5 Å². The minimum Gasteiger partial charge on any atom is -0.389 e. The number of primary amides is 1. The van der Waals surface area contributed by atoms with E-state index in [-0.39, 0.29) is 92.2 Å². The molecule has 25 N–H and O–H groups in total. The normalized spacial score (nSPS) is 30.7. The van der Waals surface area contributed by atoms with Crippen molar-refractivity contribution in [3.8, 4) is 0 Å². The molecule has 5 amide bonds. The molecule has 19 atom stereocenters. The van der Waals surface area contributed by atoms with E-state index in [9.17, 15) is 64.2 Å². The Balaban J connectivity index is 0.866. The van der Waals surface area contributed by atoms with Gasteiger partial charge >= 0.3 is 5.69 Å². The average Bonchev–Trinajstić information content (AvgIpc) is 1.41. The van der Waals surface area contributed by atoms with Gasteiger partial charge in [0.05, 0.1) is 49.5 Å². The van der Waals surface area contributed by atoms with E-state index < -0.39 is 171 Å². The number of H-pyrrole nitrogens is 1. The SMILES string of the molecule is Cc1cn(CC(=O)N(CCNC(=O)CN(CCNC(=O)CSCCCCCCSC[C@H]2O[C@@H](O[C@@H]3[C@@H](O)[C@H](N)C[C@H](N)[C@H]3O[C@H]3O[C@H](CN)[C@@H](O)[C@H](O)[C@H]3N)[C@H](O)[C@@H]2O[C@H]2O[C@@H](CN)[C@@H](O)[C@H](O)[C@H]2N)C(=O)Cn2cnc3c(N)ncnc32)CC(N)=O)c(=O)[nH]c1=O. The third-order valence-corrected chi connectivity index (χ3v) is 18.2. The van der Waals surface area contributed by atoms with Gasteiger partial charge in [-0.05, 0) is 37.7 Å². The number of aryl methyl sites for hydroxylation is 1. The first-order chi connectivity index (χ1) is 43.8. The zero-order valence-electron chi connectivity index (χ0n) is 50.7. The number of ether oxygens (including phenoxy) is 6. The van der Waals surface area contributed by atoms with Crippen molar-refractivity contribution >= 4 is 70.0 Å². The van der Waals surface area contributed by atoms with Gasteiger partial charge in [-0.15, -0.1) is 0 Å². The van der Waals surface area contributed by atoms with Crippen molar-refractivity contribution in [1.29, 1.82) is 0 Å². The lowest BCUT2D eigenvalue weighted by Crippen LogP contribution is -2.68. The molecule has 1 aliphatic carbocycles. The fourth-order valence-electron chi connectivity index (χ4n) is 10.8. The number of nitrogens with zero attached hydrogens (tertiary/aromatic N) is 7. The van der Waals surface area contributed by atoms with E-state index >= 15 is 0 Å². The maximum Gasteiger partial charge on any atom is 0.328 e. The first-order valence-corrected chi connectivity index (χ1v) is 32.3. The maximum atomic E-state index is 13.8. The molecule has 1 saturated carbocycles. The number of aliphatic hydroxyl groups is 6. The summed E-state index contributed by atoms with van der Waals surface area (Å²) in [4.78, 5) is 106. The molecule has 37 nitrogen and oxygen atoms in total. The van der Waals surface area contributed by atoms with Gasteiger partial charge in [0.15, 0.2) is 30.3 Å². The van der Waals surface area contributed by atoms with Crippen LogP contribution in [0.4, 0.5) is 5.82 Å². The van der Waals surface area contributed by atoms with Gasteiger partial charge in [-0.25, -0.2) is 19.7 Å². The molecule has 516 valence electrons. The lowest BCUT2D eigenvalue weighted by Gasteiger charge is -2.47. The third-order valence-electron chi connectivity index (χ3n) is 16.1. The van der Waals surface area contributed by atoms with Gasteiger partial charge in [-0.1, -0.05) is 12.8 Å². The van der Waals surface area contributed by atoms with Crippen molar-refractivity contribution in [3.05, 3.63) is 45.3 Å². The summed E-state index contributed by atoms with van der Waals surface area (Å²) >= 11 is 2.89. The number of fused-ring (bicyclic) bond motifs is 1. The summed E-state index contributed by atoms with van der Waals surface area (Å²) < 4.78 is 39.0. The quantitative estimate of drug-likeness (QED) is 0.0252. The molecular weight excluding hydrogens is 1260 g/mol. The molecule has 39 heteroatoms. The lowest BCUT2D eigenvalue weighted by atomic mass is 9.84. The van der Waals surface area contributed by atoms with E-state index in [1.165, 1.54) is 58.8 Å². The fraction of sp³-hybridized carbons (Fsp3) is 0.736. The second-order valence-electron chi connectivity index (χ2n) is 22.9. The van der Waals surface area contributed by atoms with Gasteiger partial charge in [0.25, 0.3) is 5.56 Å².